The minimum atomic E-state index is -3.41. The summed E-state index contributed by atoms with van der Waals surface area (Å²) in [7, 11) is 2.02. The number of methoxy groups -OCH3 is 1. The van der Waals surface area contributed by atoms with E-state index in [2.05, 4.69) is 9.88 Å². The van der Waals surface area contributed by atoms with Crippen LogP contribution in [-0.2, 0) is 14.8 Å². The summed E-state index contributed by atoms with van der Waals surface area (Å²) in [6.07, 6.45) is 0.465. The Kier molecular flexibility index (Phi) is 11.2. The van der Waals surface area contributed by atoms with Gasteiger partial charge in [-0.3, -0.25) is 4.57 Å². The van der Waals surface area contributed by atoms with Gasteiger partial charge in [0.2, 0.25) is 27.9 Å². The van der Waals surface area contributed by atoms with Crippen LogP contribution in [0.15, 0.2) is 18.2 Å². The van der Waals surface area contributed by atoms with E-state index in [1.54, 1.807) is 18.2 Å². The number of fused-ring (bicyclic) bond motifs is 1. The average molecular weight is 660 g/mol. The lowest BCUT2D eigenvalue weighted by Crippen LogP contribution is -2.51. The number of alkyl halides is 2. The zero-order valence-electron chi connectivity index (χ0n) is 25.4. The minimum Gasteiger partial charge on any atom is -0.494 e. The number of sulfonamides is 1. The van der Waals surface area contributed by atoms with Gasteiger partial charge in [0, 0.05) is 38.8 Å². The predicted molar refractivity (Wildman–Crippen MR) is 166 cm³/mol. The molecule has 2 fully saturated rings. The van der Waals surface area contributed by atoms with Crippen molar-refractivity contribution >= 4 is 45.4 Å². The van der Waals surface area contributed by atoms with Gasteiger partial charge in [0.1, 0.15) is 11.3 Å². The van der Waals surface area contributed by atoms with E-state index in [1.807, 2.05) is 23.9 Å². The molecule has 0 aliphatic carbocycles. The number of rotatable bonds is 11. The summed E-state index contributed by atoms with van der Waals surface area (Å²) in [5.74, 6) is 0.488. The molecule has 2 aromatic heterocycles. The third-order valence-corrected chi connectivity index (χ3v) is 8.98. The van der Waals surface area contributed by atoms with Crippen LogP contribution < -0.4 is 14.5 Å². The third kappa shape index (κ3) is 7.47. The van der Waals surface area contributed by atoms with Gasteiger partial charge in [-0.25, -0.2) is 26.5 Å². The second kappa shape index (κ2) is 14.5. The van der Waals surface area contributed by atoms with Gasteiger partial charge in [0.15, 0.2) is 5.82 Å². The van der Waals surface area contributed by atoms with E-state index in [0.717, 1.165) is 19.4 Å². The Bertz CT molecular complexity index is 1520. The van der Waals surface area contributed by atoms with Gasteiger partial charge >= 0.3 is 0 Å². The number of para-hydroxylation sites is 1. The van der Waals surface area contributed by atoms with Crippen molar-refractivity contribution in [3.05, 3.63) is 24.0 Å². The summed E-state index contributed by atoms with van der Waals surface area (Å²) >= 11 is 0. The standard InChI is InChI=1S/C27H39F2N9O4S.ClH/c1-34(2)11-7-13-37(19-8-6-12-36(18-19)43(4,39)40)26-31-25(35-14-16-42-17-15-35)32-27(33-26)38-20-9-5-10-21(41-3)22(20)30-24(38)23(28)29;/h5,9-10,19,23H,6-8,11-18H2,1-4H3;1H. The Morgan fingerprint density at radius 1 is 1.07 bits per heavy atom. The average Bonchev–Trinajstić information content (AvgIpc) is 3.39. The number of morpholine rings is 1. The molecule has 2 aliphatic heterocycles. The topological polar surface area (TPSA) is 122 Å². The van der Waals surface area contributed by atoms with Crippen LogP contribution in [0.3, 0.4) is 0 Å². The Labute approximate surface area is 262 Å². The fourth-order valence-electron chi connectivity index (χ4n) is 5.57. The summed E-state index contributed by atoms with van der Waals surface area (Å²) in [4.78, 5) is 24.6. The molecule has 0 radical (unpaired) electrons. The van der Waals surface area contributed by atoms with Crippen LogP contribution in [0.1, 0.15) is 31.5 Å². The molecule has 0 spiro atoms. The molecular weight excluding hydrogens is 620 g/mol. The second-order valence-corrected chi connectivity index (χ2v) is 13.0. The number of ether oxygens (including phenoxy) is 2. The van der Waals surface area contributed by atoms with Crippen LogP contribution in [0.5, 0.6) is 5.75 Å². The number of anilines is 2. The van der Waals surface area contributed by atoms with E-state index >= 15 is 0 Å². The number of piperidine rings is 1. The van der Waals surface area contributed by atoms with Crippen molar-refractivity contribution in [3.8, 4) is 11.7 Å². The van der Waals surface area contributed by atoms with E-state index in [0.29, 0.717) is 69.0 Å². The quantitative estimate of drug-likeness (QED) is 0.302. The molecule has 0 saturated carbocycles. The van der Waals surface area contributed by atoms with Crippen molar-refractivity contribution in [1.82, 2.24) is 33.7 Å². The number of imidazole rings is 1. The van der Waals surface area contributed by atoms with Crippen molar-refractivity contribution in [2.24, 2.45) is 0 Å². The number of benzene rings is 1. The van der Waals surface area contributed by atoms with Crippen LogP contribution >= 0.6 is 12.4 Å². The Balaban J connectivity index is 0.00000442. The summed E-state index contributed by atoms with van der Waals surface area (Å²) in [5, 5.41) is 0. The van der Waals surface area contributed by atoms with Gasteiger partial charge in [-0.15, -0.1) is 12.4 Å². The minimum absolute atomic E-state index is 0. The molecule has 5 rings (SSSR count). The number of nitrogens with zero attached hydrogens (tertiary/aromatic N) is 9. The van der Waals surface area contributed by atoms with E-state index < -0.39 is 22.3 Å². The predicted octanol–water partition coefficient (Wildman–Crippen LogP) is 2.60. The Morgan fingerprint density at radius 2 is 1.80 bits per heavy atom. The molecule has 0 N–H and O–H groups in total. The molecule has 17 heteroatoms. The third-order valence-electron chi connectivity index (χ3n) is 7.71. The fourth-order valence-corrected chi connectivity index (χ4v) is 6.47. The number of hydrogen-bond donors (Lipinski definition) is 0. The SMILES string of the molecule is COc1cccc2c1nc(C(F)F)n2-c1nc(N2CCOCC2)nc(N(CCCN(C)C)C2CCCN(S(C)(=O)=O)C2)n1.Cl. The zero-order chi connectivity index (χ0) is 30.7. The first-order chi connectivity index (χ1) is 20.6. The first-order valence-electron chi connectivity index (χ1n) is 14.4. The highest BCUT2D eigenvalue weighted by Crippen LogP contribution is 2.33. The summed E-state index contributed by atoms with van der Waals surface area (Å²) in [6, 6.07) is 4.83. The van der Waals surface area contributed by atoms with Gasteiger partial charge in [0.25, 0.3) is 6.43 Å². The lowest BCUT2D eigenvalue weighted by atomic mass is 10.1. The highest BCUT2D eigenvalue weighted by Gasteiger charge is 2.33. The van der Waals surface area contributed by atoms with Crippen molar-refractivity contribution in [2.75, 3.05) is 89.7 Å². The van der Waals surface area contributed by atoms with E-state index in [9.17, 15) is 17.2 Å². The van der Waals surface area contributed by atoms with Crippen molar-refractivity contribution in [2.45, 2.75) is 31.7 Å². The van der Waals surface area contributed by atoms with Gasteiger partial charge < -0.3 is 24.2 Å². The number of halogens is 3. The van der Waals surface area contributed by atoms with Crippen LogP contribution in [0.2, 0.25) is 0 Å². The lowest BCUT2D eigenvalue weighted by molar-refractivity contribution is 0.122. The maximum absolute atomic E-state index is 14.5. The molecule has 0 amide bonds. The summed E-state index contributed by atoms with van der Waals surface area (Å²) in [5.41, 5.74) is 0.647. The monoisotopic (exact) mass is 659 g/mol. The zero-order valence-corrected chi connectivity index (χ0v) is 27.0. The summed E-state index contributed by atoms with van der Waals surface area (Å²) in [6.45, 7) is 4.04. The van der Waals surface area contributed by atoms with Gasteiger partial charge in [0.05, 0.1) is 32.1 Å². The highest BCUT2D eigenvalue weighted by atomic mass is 35.5. The van der Waals surface area contributed by atoms with E-state index in [4.69, 9.17) is 24.4 Å². The molecular formula is C27H40ClF2N9O4S. The molecule has 244 valence electrons. The van der Waals surface area contributed by atoms with Gasteiger partial charge in [-0.1, -0.05) is 6.07 Å². The number of hydrogen-bond acceptors (Lipinski definition) is 11. The lowest BCUT2D eigenvalue weighted by Gasteiger charge is -2.39. The first kappa shape index (κ1) is 34.0. The van der Waals surface area contributed by atoms with Gasteiger partial charge in [-0.05, 0) is 52.0 Å². The van der Waals surface area contributed by atoms with E-state index in [1.165, 1.54) is 22.2 Å². The molecule has 3 aromatic rings. The van der Waals surface area contributed by atoms with Gasteiger partial charge in [-0.2, -0.15) is 15.0 Å². The van der Waals surface area contributed by atoms with Crippen LogP contribution in [0.4, 0.5) is 20.7 Å². The maximum Gasteiger partial charge on any atom is 0.296 e. The fraction of sp³-hybridized carbons (Fsp3) is 0.630. The molecule has 13 nitrogen and oxygen atoms in total. The maximum atomic E-state index is 14.5. The van der Waals surface area contributed by atoms with Crippen LogP contribution in [-0.4, -0.2) is 128 Å². The summed E-state index contributed by atoms with van der Waals surface area (Å²) < 4.78 is 67.6. The second-order valence-electron chi connectivity index (χ2n) is 11.0. The largest absolute Gasteiger partial charge is 0.494 e. The molecule has 44 heavy (non-hydrogen) atoms. The van der Waals surface area contributed by atoms with Crippen molar-refractivity contribution in [3.63, 3.8) is 0 Å². The number of aromatic nitrogens is 5. The Hall–Kier alpha value is -2.92. The molecule has 1 atom stereocenters. The molecule has 0 bridgehead atoms. The van der Waals surface area contributed by atoms with Crippen LogP contribution in [0, 0.1) is 0 Å². The Morgan fingerprint density at radius 3 is 2.45 bits per heavy atom. The molecule has 1 unspecified atom stereocenters. The smallest absolute Gasteiger partial charge is 0.296 e. The van der Waals surface area contributed by atoms with Crippen LogP contribution in [0.25, 0.3) is 17.0 Å². The molecule has 2 aliphatic rings. The van der Waals surface area contributed by atoms with Crippen molar-refractivity contribution < 1.29 is 26.7 Å². The molecule has 2 saturated heterocycles. The highest BCUT2D eigenvalue weighted by molar-refractivity contribution is 7.88. The van der Waals surface area contributed by atoms with E-state index in [-0.39, 0.29) is 36.5 Å². The molecule has 1 aromatic carbocycles. The van der Waals surface area contributed by atoms with Crippen molar-refractivity contribution in [1.29, 1.82) is 0 Å². The normalized spacial score (nSPS) is 18.2. The first-order valence-corrected chi connectivity index (χ1v) is 16.2. The molecule has 4 heterocycles.